The molecule has 1 nitrogen and oxygen atoms in total. The summed E-state index contributed by atoms with van der Waals surface area (Å²) in [5, 5.41) is 0. The minimum absolute atomic E-state index is 0.320. The monoisotopic (exact) mass is 228 g/mol. The summed E-state index contributed by atoms with van der Waals surface area (Å²) in [6, 6.07) is 8.07. The third-order valence-electron chi connectivity index (χ3n) is 2.76. The maximum atomic E-state index is 5.75. The van der Waals surface area contributed by atoms with Gasteiger partial charge >= 0.3 is 0 Å². The minimum Gasteiger partial charge on any atom is -0.457 e. The molecule has 1 aromatic rings. The van der Waals surface area contributed by atoms with Crippen LogP contribution in [0.1, 0.15) is 32.3 Å². The molecule has 0 fully saturated rings. The van der Waals surface area contributed by atoms with Gasteiger partial charge in [-0.25, -0.2) is 0 Å². The molecule has 0 N–H and O–H groups in total. The SMILES string of the molecule is C=CC1=C(C=C)C(C)c2ccccc2O1.CC. The number of para-hydroxylation sites is 1. The van der Waals surface area contributed by atoms with Gasteiger partial charge in [0.25, 0.3) is 0 Å². The Balaban J connectivity index is 0.000000686. The van der Waals surface area contributed by atoms with Crippen molar-refractivity contribution >= 4 is 0 Å². The molecule has 1 heteroatoms. The van der Waals surface area contributed by atoms with Crippen molar-refractivity contribution in [2.75, 3.05) is 0 Å². The van der Waals surface area contributed by atoms with Crippen molar-refractivity contribution in [2.45, 2.75) is 26.7 Å². The third-order valence-corrected chi connectivity index (χ3v) is 2.76. The molecule has 1 unspecified atom stereocenters. The smallest absolute Gasteiger partial charge is 0.131 e. The average molecular weight is 228 g/mol. The lowest BCUT2D eigenvalue weighted by atomic mass is 9.89. The zero-order chi connectivity index (χ0) is 12.8. The number of allylic oxidation sites excluding steroid dienone is 3. The lowest BCUT2D eigenvalue weighted by Crippen LogP contribution is -2.11. The maximum Gasteiger partial charge on any atom is 0.131 e. The second-order valence-corrected chi connectivity index (χ2v) is 3.59. The Hall–Kier alpha value is -1.76. The molecule has 1 aliphatic rings. The number of ether oxygens (including phenoxy) is 1. The Morgan fingerprint density at radius 3 is 2.35 bits per heavy atom. The van der Waals surface area contributed by atoms with Crippen LogP contribution in [0.2, 0.25) is 0 Å². The fraction of sp³-hybridized carbons (Fsp3) is 0.250. The molecule has 0 aliphatic carbocycles. The molecule has 0 radical (unpaired) electrons. The zero-order valence-corrected chi connectivity index (χ0v) is 10.9. The Bertz CT molecular complexity index is 441. The summed E-state index contributed by atoms with van der Waals surface area (Å²) < 4.78 is 5.75. The first-order valence-corrected chi connectivity index (χ1v) is 6.03. The average Bonchev–Trinajstić information content (AvgIpc) is 2.41. The van der Waals surface area contributed by atoms with E-state index in [9.17, 15) is 0 Å². The van der Waals surface area contributed by atoms with Crippen LogP contribution in [0, 0.1) is 0 Å². The summed E-state index contributed by atoms with van der Waals surface area (Å²) in [4.78, 5) is 0. The molecule has 0 aromatic heterocycles. The van der Waals surface area contributed by atoms with Gasteiger partial charge in [-0.05, 0) is 12.1 Å². The predicted molar refractivity (Wildman–Crippen MR) is 74.3 cm³/mol. The second kappa shape index (κ2) is 6.09. The first kappa shape index (κ1) is 13.3. The number of fused-ring (bicyclic) bond motifs is 1. The van der Waals surface area contributed by atoms with Crippen LogP contribution in [-0.4, -0.2) is 0 Å². The highest BCUT2D eigenvalue weighted by Crippen LogP contribution is 2.39. The highest BCUT2D eigenvalue weighted by molar-refractivity contribution is 5.50. The van der Waals surface area contributed by atoms with Crippen LogP contribution in [0.15, 0.2) is 60.9 Å². The Morgan fingerprint density at radius 2 is 1.76 bits per heavy atom. The van der Waals surface area contributed by atoms with Crippen LogP contribution in [0.4, 0.5) is 0 Å². The first-order chi connectivity index (χ1) is 8.27. The summed E-state index contributed by atoms with van der Waals surface area (Å²) in [5.41, 5.74) is 2.31. The summed E-state index contributed by atoms with van der Waals surface area (Å²) in [5.74, 6) is 2.06. The van der Waals surface area contributed by atoms with Crippen molar-refractivity contribution in [3.63, 3.8) is 0 Å². The van der Waals surface area contributed by atoms with Crippen molar-refractivity contribution in [3.05, 3.63) is 66.5 Å². The van der Waals surface area contributed by atoms with Crippen LogP contribution in [-0.2, 0) is 0 Å². The third kappa shape index (κ3) is 2.50. The summed E-state index contributed by atoms with van der Waals surface area (Å²) in [6.45, 7) is 13.7. The van der Waals surface area contributed by atoms with Gasteiger partial charge in [-0.1, -0.05) is 58.2 Å². The van der Waals surface area contributed by atoms with E-state index >= 15 is 0 Å². The minimum atomic E-state index is 0.320. The number of benzene rings is 1. The maximum absolute atomic E-state index is 5.75. The molecule has 1 atom stereocenters. The van der Waals surface area contributed by atoms with E-state index in [0.717, 1.165) is 17.1 Å². The number of hydrogen-bond acceptors (Lipinski definition) is 1. The van der Waals surface area contributed by atoms with Gasteiger partial charge in [0.15, 0.2) is 0 Å². The molecule has 1 aromatic carbocycles. The van der Waals surface area contributed by atoms with Crippen molar-refractivity contribution in [2.24, 2.45) is 0 Å². The van der Waals surface area contributed by atoms with Crippen LogP contribution >= 0.6 is 0 Å². The molecule has 0 saturated carbocycles. The van der Waals surface area contributed by atoms with Gasteiger partial charge in [-0.15, -0.1) is 0 Å². The molecule has 1 heterocycles. The lowest BCUT2D eigenvalue weighted by molar-refractivity contribution is 0.414. The Labute approximate surface area is 104 Å². The zero-order valence-electron chi connectivity index (χ0n) is 10.9. The summed E-state index contributed by atoms with van der Waals surface area (Å²) in [6.07, 6.45) is 3.58. The van der Waals surface area contributed by atoms with Crippen LogP contribution in [0.5, 0.6) is 5.75 Å². The molecular formula is C16H20O. The van der Waals surface area contributed by atoms with E-state index in [4.69, 9.17) is 4.74 Å². The van der Waals surface area contributed by atoms with Crippen LogP contribution < -0.4 is 4.74 Å². The second-order valence-electron chi connectivity index (χ2n) is 3.59. The van der Waals surface area contributed by atoms with E-state index in [1.165, 1.54) is 5.56 Å². The van der Waals surface area contributed by atoms with E-state index in [1.807, 2.05) is 38.1 Å². The van der Waals surface area contributed by atoms with E-state index in [-0.39, 0.29) is 0 Å². The fourth-order valence-electron chi connectivity index (χ4n) is 1.93. The van der Waals surface area contributed by atoms with Gasteiger partial charge in [0.05, 0.1) is 0 Å². The standard InChI is InChI=1S/C14H14O.C2H6/c1-4-11-10(3)12-8-6-7-9-14(12)15-13(11)5-2;1-2/h4-10H,1-2H2,3H3;1-2H3. The van der Waals surface area contributed by atoms with Crippen LogP contribution in [0.25, 0.3) is 0 Å². The van der Waals surface area contributed by atoms with E-state index in [1.54, 1.807) is 6.08 Å². The normalized spacial score (nSPS) is 17.2. The highest BCUT2D eigenvalue weighted by Gasteiger charge is 2.22. The summed E-state index contributed by atoms with van der Waals surface area (Å²) in [7, 11) is 0. The van der Waals surface area contributed by atoms with E-state index in [2.05, 4.69) is 26.1 Å². The van der Waals surface area contributed by atoms with Crippen molar-refractivity contribution < 1.29 is 4.74 Å². The molecule has 0 amide bonds. The van der Waals surface area contributed by atoms with E-state index < -0.39 is 0 Å². The number of rotatable bonds is 2. The molecule has 2 rings (SSSR count). The Kier molecular flexibility index (Phi) is 4.77. The highest BCUT2D eigenvalue weighted by atomic mass is 16.5. The summed E-state index contributed by atoms with van der Waals surface area (Å²) >= 11 is 0. The molecule has 0 bridgehead atoms. The molecule has 0 spiro atoms. The van der Waals surface area contributed by atoms with Gasteiger partial charge in [0.2, 0.25) is 0 Å². The van der Waals surface area contributed by atoms with Gasteiger partial charge in [-0.3, -0.25) is 0 Å². The molecular weight excluding hydrogens is 208 g/mol. The van der Waals surface area contributed by atoms with Gasteiger partial charge < -0.3 is 4.74 Å². The lowest BCUT2D eigenvalue weighted by Gasteiger charge is -2.25. The Morgan fingerprint density at radius 1 is 1.12 bits per heavy atom. The molecule has 0 saturated heterocycles. The van der Waals surface area contributed by atoms with Crippen LogP contribution in [0.3, 0.4) is 0 Å². The topological polar surface area (TPSA) is 9.23 Å². The van der Waals surface area contributed by atoms with Gasteiger partial charge in [-0.2, -0.15) is 0 Å². The first-order valence-electron chi connectivity index (χ1n) is 6.03. The van der Waals surface area contributed by atoms with Crippen molar-refractivity contribution in [3.8, 4) is 5.75 Å². The number of hydrogen-bond donors (Lipinski definition) is 0. The predicted octanol–water partition coefficient (Wildman–Crippen LogP) is 4.83. The van der Waals surface area contributed by atoms with Crippen molar-refractivity contribution in [1.29, 1.82) is 0 Å². The molecule has 90 valence electrons. The quantitative estimate of drug-likeness (QED) is 0.704. The fourth-order valence-corrected chi connectivity index (χ4v) is 1.93. The van der Waals surface area contributed by atoms with Gasteiger partial charge in [0, 0.05) is 17.1 Å². The molecule has 17 heavy (non-hydrogen) atoms. The van der Waals surface area contributed by atoms with E-state index in [0.29, 0.717) is 5.92 Å². The van der Waals surface area contributed by atoms with Crippen molar-refractivity contribution in [1.82, 2.24) is 0 Å². The largest absolute Gasteiger partial charge is 0.457 e. The van der Waals surface area contributed by atoms with Gasteiger partial charge in [0.1, 0.15) is 11.5 Å². The molecule has 1 aliphatic heterocycles.